The Morgan fingerprint density at radius 3 is 2.74 bits per heavy atom. The van der Waals surface area contributed by atoms with Crippen molar-refractivity contribution in [2.24, 2.45) is 34.5 Å². The molecule has 4 aliphatic carbocycles. The molecular weight excluding hydrogens is 399 g/mol. The van der Waals surface area contributed by atoms with Gasteiger partial charge in [-0.2, -0.15) is 0 Å². The Kier molecular flexibility index (Phi) is 4.00. The highest BCUT2D eigenvalue weighted by atomic mass is 127. The Balaban J connectivity index is 1.75. The molecule has 0 amide bonds. The van der Waals surface area contributed by atoms with E-state index in [-0.39, 0.29) is 16.9 Å². The first kappa shape index (κ1) is 16.6. The number of carbonyl (C=O) groups excluding carboxylic acids is 1. The second-order valence-corrected chi connectivity index (χ2v) is 9.98. The Hall–Kier alpha value is 0.1000. The van der Waals surface area contributed by atoms with Crippen LogP contribution in [0.15, 0.2) is 11.6 Å². The topological polar surface area (TPSA) is 37.3 Å². The van der Waals surface area contributed by atoms with Gasteiger partial charge in [-0.3, -0.25) is 4.79 Å². The van der Waals surface area contributed by atoms with Gasteiger partial charge in [0, 0.05) is 10.8 Å². The standard InChI is InChI=1S/C20H29IO2/c1-19-7-5-14(22)10-13(19)9-12(11-21)18-15-3-4-17(23)20(15,2)8-6-16(18)19/h10,12,15-18,23H,3-9,11H2,1-2H3/t12?,15?,16?,17-,18?,19-,20-/m0/s1. The van der Waals surface area contributed by atoms with Crippen molar-refractivity contribution in [3.63, 3.8) is 0 Å². The van der Waals surface area contributed by atoms with Crippen molar-refractivity contribution in [1.29, 1.82) is 0 Å². The third kappa shape index (κ3) is 2.24. The SMILES string of the molecule is C[C@]12CCC(=O)C=C1CC(CI)C1C2CC[C@@]2(C)C1CC[C@@H]2O. The number of halogens is 1. The molecule has 1 N–H and O–H groups in total. The van der Waals surface area contributed by atoms with Crippen LogP contribution in [-0.2, 0) is 4.79 Å². The van der Waals surface area contributed by atoms with Gasteiger partial charge in [0.2, 0.25) is 0 Å². The minimum absolute atomic E-state index is 0.0963. The van der Waals surface area contributed by atoms with E-state index in [2.05, 4.69) is 36.4 Å². The zero-order valence-corrected chi connectivity index (χ0v) is 16.5. The summed E-state index contributed by atoms with van der Waals surface area (Å²) in [6.45, 7) is 4.80. The highest BCUT2D eigenvalue weighted by Crippen LogP contribution is 2.66. The van der Waals surface area contributed by atoms with Crippen molar-refractivity contribution in [1.82, 2.24) is 0 Å². The lowest BCUT2D eigenvalue weighted by atomic mass is 9.45. The molecule has 3 saturated carbocycles. The second kappa shape index (κ2) is 5.55. The predicted molar refractivity (Wildman–Crippen MR) is 100 cm³/mol. The highest BCUT2D eigenvalue weighted by molar-refractivity contribution is 14.1. The molecule has 0 heterocycles. The molecule has 2 nitrogen and oxygen atoms in total. The monoisotopic (exact) mass is 428 g/mol. The van der Waals surface area contributed by atoms with Crippen LogP contribution < -0.4 is 0 Å². The molecule has 0 aromatic heterocycles. The first-order valence-corrected chi connectivity index (χ1v) is 10.9. The van der Waals surface area contributed by atoms with Crippen LogP contribution in [0.25, 0.3) is 0 Å². The molecule has 128 valence electrons. The summed E-state index contributed by atoms with van der Waals surface area (Å²) in [6.07, 6.45) is 9.44. The van der Waals surface area contributed by atoms with Gasteiger partial charge in [0.05, 0.1) is 6.10 Å². The zero-order chi connectivity index (χ0) is 16.4. The average molecular weight is 428 g/mol. The molecule has 0 spiro atoms. The van der Waals surface area contributed by atoms with Crippen molar-refractivity contribution in [3.05, 3.63) is 11.6 Å². The van der Waals surface area contributed by atoms with Gasteiger partial charge in [-0.25, -0.2) is 0 Å². The first-order valence-electron chi connectivity index (χ1n) is 9.38. The molecule has 4 unspecified atom stereocenters. The van der Waals surface area contributed by atoms with Crippen molar-refractivity contribution in [2.45, 2.75) is 64.9 Å². The number of alkyl halides is 1. The fourth-order valence-corrected chi connectivity index (χ4v) is 7.73. The van der Waals surface area contributed by atoms with E-state index in [1.165, 1.54) is 29.3 Å². The van der Waals surface area contributed by atoms with Crippen molar-refractivity contribution >= 4 is 28.4 Å². The van der Waals surface area contributed by atoms with Crippen LogP contribution in [0.3, 0.4) is 0 Å². The lowest BCUT2D eigenvalue weighted by Gasteiger charge is -2.60. The normalized spacial score (nSPS) is 52.4. The molecule has 4 aliphatic rings. The minimum Gasteiger partial charge on any atom is -0.393 e. The van der Waals surface area contributed by atoms with Gasteiger partial charge in [-0.1, -0.05) is 42.0 Å². The average Bonchev–Trinajstić information content (AvgIpc) is 2.83. The van der Waals surface area contributed by atoms with E-state index in [1.807, 2.05) is 6.08 Å². The van der Waals surface area contributed by atoms with Crippen LogP contribution in [0, 0.1) is 34.5 Å². The molecule has 4 rings (SSSR count). The Morgan fingerprint density at radius 2 is 2.00 bits per heavy atom. The summed E-state index contributed by atoms with van der Waals surface area (Å²) in [4.78, 5) is 12.0. The van der Waals surface area contributed by atoms with Gasteiger partial charge in [-0.15, -0.1) is 0 Å². The van der Waals surface area contributed by atoms with Crippen molar-refractivity contribution in [2.75, 3.05) is 4.43 Å². The van der Waals surface area contributed by atoms with E-state index in [4.69, 9.17) is 0 Å². The molecule has 0 aromatic rings. The van der Waals surface area contributed by atoms with E-state index in [1.54, 1.807) is 0 Å². The lowest BCUT2D eigenvalue weighted by molar-refractivity contribution is -0.119. The van der Waals surface area contributed by atoms with Gasteiger partial charge in [0.15, 0.2) is 5.78 Å². The first-order chi connectivity index (χ1) is 10.9. The van der Waals surface area contributed by atoms with Gasteiger partial charge >= 0.3 is 0 Å². The van der Waals surface area contributed by atoms with Crippen molar-refractivity contribution in [3.8, 4) is 0 Å². The summed E-state index contributed by atoms with van der Waals surface area (Å²) in [7, 11) is 0. The summed E-state index contributed by atoms with van der Waals surface area (Å²) in [5.41, 5.74) is 1.85. The number of aliphatic hydroxyl groups excluding tert-OH is 1. The number of hydrogen-bond donors (Lipinski definition) is 1. The Morgan fingerprint density at radius 1 is 1.22 bits per heavy atom. The van der Waals surface area contributed by atoms with Gasteiger partial charge in [-0.05, 0) is 79.1 Å². The number of ketones is 1. The van der Waals surface area contributed by atoms with Gasteiger partial charge in [0.25, 0.3) is 0 Å². The van der Waals surface area contributed by atoms with Crippen LogP contribution in [0.4, 0.5) is 0 Å². The number of rotatable bonds is 1. The maximum absolute atomic E-state index is 12.0. The van der Waals surface area contributed by atoms with Crippen LogP contribution in [-0.4, -0.2) is 21.4 Å². The van der Waals surface area contributed by atoms with Gasteiger partial charge < -0.3 is 5.11 Å². The predicted octanol–water partition coefficient (Wildman–Crippen LogP) is 4.54. The van der Waals surface area contributed by atoms with E-state index in [0.717, 1.165) is 37.5 Å². The van der Waals surface area contributed by atoms with Crippen LogP contribution in [0.2, 0.25) is 0 Å². The summed E-state index contributed by atoms with van der Waals surface area (Å²) in [6, 6.07) is 0. The fraction of sp³-hybridized carbons (Fsp3) is 0.850. The molecule has 7 atom stereocenters. The number of hydrogen-bond acceptors (Lipinski definition) is 2. The number of carbonyl (C=O) groups is 1. The largest absolute Gasteiger partial charge is 0.393 e. The third-order valence-corrected chi connectivity index (χ3v) is 9.42. The van der Waals surface area contributed by atoms with Crippen molar-refractivity contribution < 1.29 is 9.90 Å². The minimum atomic E-state index is -0.0963. The molecule has 3 fully saturated rings. The summed E-state index contributed by atoms with van der Waals surface area (Å²) in [5.74, 6) is 3.20. The molecule has 0 aliphatic heterocycles. The lowest BCUT2D eigenvalue weighted by Crippen LogP contribution is -2.54. The summed E-state index contributed by atoms with van der Waals surface area (Å²) in [5, 5.41) is 10.6. The smallest absolute Gasteiger partial charge is 0.155 e. The Bertz CT molecular complexity index is 556. The Labute approximate surface area is 153 Å². The molecule has 0 bridgehead atoms. The van der Waals surface area contributed by atoms with E-state index in [0.29, 0.717) is 17.6 Å². The molecule has 23 heavy (non-hydrogen) atoms. The quantitative estimate of drug-likeness (QED) is 0.492. The molecule has 3 heteroatoms. The van der Waals surface area contributed by atoms with Crippen LogP contribution >= 0.6 is 22.6 Å². The fourth-order valence-electron chi connectivity index (χ4n) is 6.83. The highest BCUT2D eigenvalue weighted by Gasteiger charge is 2.60. The zero-order valence-electron chi connectivity index (χ0n) is 14.4. The molecule has 0 saturated heterocycles. The van der Waals surface area contributed by atoms with Gasteiger partial charge in [0.1, 0.15) is 0 Å². The maximum atomic E-state index is 12.0. The van der Waals surface area contributed by atoms with Crippen LogP contribution in [0.1, 0.15) is 58.8 Å². The number of fused-ring (bicyclic) bond motifs is 5. The molecule has 0 aromatic carbocycles. The second-order valence-electron chi connectivity index (χ2n) is 9.10. The maximum Gasteiger partial charge on any atom is 0.155 e. The van der Waals surface area contributed by atoms with Crippen LogP contribution in [0.5, 0.6) is 0 Å². The van der Waals surface area contributed by atoms with E-state index in [9.17, 15) is 9.90 Å². The summed E-state index contributed by atoms with van der Waals surface area (Å²) >= 11 is 2.56. The molecular formula is C20H29IO2. The van der Waals surface area contributed by atoms with E-state index >= 15 is 0 Å². The molecule has 0 radical (unpaired) electrons. The third-order valence-electron chi connectivity index (χ3n) is 8.29. The number of aliphatic hydroxyl groups is 1. The number of allylic oxidation sites excluding steroid dienone is 1. The van der Waals surface area contributed by atoms with E-state index < -0.39 is 0 Å². The summed E-state index contributed by atoms with van der Waals surface area (Å²) < 4.78 is 1.18.